The van der Waals surface area contributed by atoms with Crippen molar-refractivity contribution in [2.45, 2.75) is 78.0 Å². The zero-order valence-corrected chi connectivity index (χ0v) is 14.9. The van der Waals surface area contributed by atoms with Crippen molar-refractivity contribution in [1.82, 2.24) is 5.32 Å². The molecule has 7 heteroatoms. The summed E-state index contributed by atoms with van der Waals surface area (Å²) in [6.07, 6.45) is -0.129. The summed E-state index contributed by atoms with van der Waals surface area (Å²) in [5, 5.41) is 11.5. The Bertz CT molecular complexity index is 419. The van der Waals surface area contributed by atoms with E-state index in [1.165, 1.54) is 0 Å². The van der Waals surface area contributed by atoms with E-state index in [0.29, 0.717) is 0 Å². The molecule has 7 nitrogen and oxygen atoms in total. The number of amides is 1. The van der Waals surface area contributed by atoms with Gasteiger partial charge in [-0.2, -0.15) is 0 Å². The number of hydrogen-bond donors (Lipinski definition) is 2. The minimum atomic E-state index is -0.939. The Morgan fingerprint density at radius 2 is 1.48 bits per heavy atom. The van der Waals surface area contributed by atoms with Crippen molar-refractivity contribution >= 4 is 17.8 Å². The van der Waals surface area contributed by atoms with Crippen molar-refractivity contribution < 1.29 is 29.0 Å². The van der Waals surface area contributed by atoms with Crippen LogP contribution in [0.5, 0.6) is 0 Å². The second-order valence-electron chi connectivity index (χ2n) is 7.25. The van der Waals surface area contributed by atoms with Crippen molar-refractivity contribution in [3.63, 3.8) is 0 Å². The molecule has 0 aromatic rings. The first-order chi connectivity index (χ1) is 10.3. The van der Waals surface area contributed by atoms with Gasteiger partial charge in [0.15, 0.2) is 0 Å². The van der Waals surface area contributed by atoms with Crippen molar-refractivity contribution in [3.8, 4) is 0 Å². The number of nitrogens with one attached hydrogen (secondary N) is 1. The Hall–Kier alpha value is -1.63. The van der Waals surface area contributed by atoms with Gasteiger partial charge in [-0.3, -0.25) is 9.59 Å². The van der Waals surface area contributed by atoms with Crippen molar-refractivity contribution in [3.05, 3.63) is 0 Å². The molecule has 0 radical (unpaired) electrons. The summed E-state index contributed by atoms with van der Waals surface area (Å²) in [7, 11) is 0. The van der Waals surface area contributed by atoms with Crippen LogP contribution in [-0.2, 0) is 23.9 Å². The molecule has 2 N–H and O–H groups in total. The van der Waals surface area contributed by atoms with Crippen LogP contribution in [0.2, 0.25) is 0 Å². The number of aliphatic hydroxyl groups excluding tert-OH is 1. The lowest BCUT2D eigenvalue weighted by molar-refractivity contribution is -0.159. The highest BCUT2D eigenvalue weighted by Gasteiger charge is 2.26. The summed E-state index contributed by atoms with van der Waals surface area (Å²) >= 11 is 0. The molecule has 1 atom stereocenters. The smallest absolute Gasteiger partial charge is 0.329 e. The van der Waals surface area contributed by atoms with Crippen LogP contribution < -0.4 is 5.32 Å². The van der Waals surface area contributed by atoms with E-state index in [4.69, 9.17) is 14.6 Å². The summed E-state index contributed by atoms with van der Waals surface area (Å²) in [6.45, 7) is 10.1. The Morgan fingerprint density at radius 3 is 1.91 bits per heavy atom. The summed E-state index contributed by atoms with van der Waals surface area (Å²) in [4.78, 5) is 35.4. The Balaban J connectivity index is 4.46. The van der Waals surface area contributed by atoms with E-state index in [2.05, 4.69) is 5.32 Å². The van der Waals surface area contributed by atoms with Crippen LogP contribution in [0.3, 0.4) is 0 Å². The molecule has 0 aromatic heterocycles. The fourth-order valence-corrected chi connectivity index (χ4v) is 1.63. The normalized spacial score (nSPS) is 13.2. The first kappa shape index (κ1) is 21.4. The van der Waals surface area contributed by atoms with Crippen LogP contribution in [-0.4, -0.2) is 46.8 Å². The maximum atomic E-state index is 12.0. The molecule has 0 unspecified atom stereocenters. The highest BCUT2D eigenvalue weighted by atomic mass is 16.6. The Kier molecular flexibility index (Phi) is 8.23. The average molecular weight is 331 g/mol. The molecule has 0 aliphatic carbocycles. The molecular formula is C16H29NO6. The quantitative estimate of drug-likeness (QED) is 0.682. The highest BCUT2D eigenvalue weighted by Crippen LogP contribution is 2.11. The van der Waals surface area contributed by atoms with E-state index in [0.717, 1.165) is 0 Å². The minimum Gasteiger partial charge on any atom is -0.460 e. The molecule has 0 heterocycles. The highest BCUT2D eigenvalue weighted by molar-refractivity contribution is 5.86. The van der Waals surface area contributed by atoms with Gasteiger partial charge < -0.3 is 19.9 Å². The van der Waals surface area contributed by atoms with Gasteiger partial charge in [0.25, 0.3) is 0 Å². The van der Waals surface area contributed by atoms with Crippen molar-refractivity contribution in [1.29, 1.82) is 0 Å². The molecule has 0 bridgehead atoms. The zero-order chi connectivity index (χ0) is 18.3. The predicted molar refractivity (Wildman–Crippen MR) is 84.6 cm³/mol. The van der Waals surface area contributed by atoms with E-state index in [9.17, 15) is 14.4 Å². The monoisotopic (exact) mass is 331 g/mol. The average Bonchev–Trinajstić information content (AvgIpc) is 2.31. The SMILES string of the molecule is CC(C)(C)OC(=O)CCC(=O)N[C@@H](CCO)C(=O)OC(C)(C)C. The molecule has 23 heavy (non-hydrogen) atoms. The third-order valence-corrected chi connectivity index (χ3v) is 2.42. The van der Waals surface area contributed by atoms with Crippen molar-refractivity contribution in [2.75, 3.05) is 6.61 Å². The van der Waals surface area contributed by atoms with Gasteiger partial charge in [-0.15, -0.1) is 0 Å². The van der Waals surface area contributed by atoms with Crippen LogP contribution in [0.1, 0.15) is 60.8 Å². The van der Waals surface area contributed by atoms with Crippen LogP contribution in [0, 0.1) is 0 Å². The molecule has 134 valence electrons. The van der Waals surface area contributed by atoms with Gasteiger partial charge in [0.2, 0.25) is 5.91 Å². The number of ether oxygens (including phenoxy) is 2. The third-order valence-electron chi connectivity index (χ3n) is 2.42. The standard InChI is InChI=1S/C16H29NO6/c1-15(2,3)22-13(20)8-7-12(19)17-11(9-10-18)14(21)23-16(4,5)6/h11,18H,7-10H2,1-6H3,(H,17,19)/t11-/m0/s1. The van der Waals surface area contributed by atoms with E-state index in [1.54, 1.807) is 41.5 Å². The Labute approximate surface area is 137 Å². The lowest BCUT2D eigenvalue weighted by Crippen LogP contribution is -2.44. The van der Waals surface area contributed by atoms with Gasteiger partial charge in [-0.1, -0.05) is 0 Å². The second-order valence-corrected chi connectivity index (χ2v) is 7.25. The van der Waals surface area contributed by atoms with Crippen LogP contribution >= 0.6 is 0 Å². The first-order valence-corrected chi connectivity index (χ1v) is 7.69. The molecule has 0 rings (SSSR count). The lowest BCUT2D eigenvalue weighted by atomic mass is 10.1. The van der Waals surface area contributed by atoms with Crippen LogP contribution in [0.4, 0.5) is 0 Å². The van der Waals surface area contributed by atoms with Gasteiger partial charge in [-0.25, -0.2) is 4.79 Å². The number of carbonyl (C=O) groups excluding carboxylic acids is 3. The topological polar surface area (TPSA) is 102 Å². The zero-order valence-electron chi connectivity index (χ0n) is 14.9. The molecule has 0 aliphatic heterocycles. The second kappa shape index (κ2) is 8.86. The van der Waals surface area contributed by atoms with E-state index >= 15 is 0 Å². The largest absolute Gasteiger partial charge is 0.460 e. The van der Waals surface area contributed by atoms with Gasteiger partial charge >= 0.3 is 11.9 Å². The summed E-state index contributed by atoms with van der Waals surface area (Å²) in [6, 6.07) is -0.939. The fraction of sp³-hybridized carbons (Fsp3) is 0.812. The maximum Gasteiger partial charge on any atom is 0.329 e. The lowest BCUT2D eigenvalue weighted by Gasteiger charge is -2.24. The van der Waals surface area contributed by atoms with Gasteiger partial charge in [0, 0.05) is 19.4 Å². The van der Waals surface area contributed by atoms with Gasteiger partial charge in [0.05, 0.1) is 6.42 Å². The summed E-state index contributed by atoms with van der Waals surface area (Å²) in [5.41, 5.74) is -1.30. The van der Waals surface area contributed by atoms with Gasteiger partial charge in [0.1, 0.15) is 17.2 Å². The molecule has 0 spiro atoms. The minimum absolute atomic E-state index is 0.0487. The number of aliphatic hydroxyl groups is 1. The molecule has 1 amide bonds. The number of esters is 2. The van der Waals surface area contributed by atoms with E-state index in [1.807, 2.05) is 0 Å². The van der Waals surface area contributed by atoms with Crippen molar-refractivity contribution in [2.24, 2.45) is 0 Å². The maximum absolute atomic E-state index is 12.0. The molecule has 0 aromatic carbocycles. The van der Waals surface area contributed by atoms with Gasteiger partial charge in [-0.05, 0) is 41.5 Å². The molecule has 0 saturated carbocycles. The summed E-state index contributed by atoms with van der Waals surface area (Å²) in [5.74, 6) is -1.57. The molecule has 0 aliphatic rings. The first-order valence-electron chi connectivity index (χ1n) is 7.69. The molecule has 0 saturated heterocycles. The number of carbonyl (C=O) groups is 3. The number of hydrogen-bond acceptors (Lipinski definition) is 6. The fourth-order valence-electron chi connectivity index (χ4n) is 1.63. The summed E-state index contributed by atoms with van der Waals surface area (Å²) < 4.78 is 10.3. The van der Waals surface area contributed by atoms with E-state index in [-0.39, 0.29) is 25.9 Å². The van der Waals surface area contributed by atoms with E-state index < -0.39 is 35.1 Å². The van der Waals surface area contributed by atoms with Crippen LogP contribution in [0.15, 0.2) is 0 Å². The molecular weight excluding hydrogens is 302 g/mol. The molecule has 0 fully saturated rings. The predicted octanol–water partition coefficient (Wildman–Crippen LogP) is 1.32. The Morgan fingerprint density at radius 1 is 0.957 bits per heavy atom. The third kappa shape index (κ3) is 11.6. The van der Waals surface area contributed by atoms with Crippen LogP contribution in [0.25, 0.3) is 0 Å². The number of rotatable bonds is 7.